The molecule has 0 fully saturated rings. The number of thioether (sulfide) groups is 1. The second-order valence-electron chi connectivity index (χ2n) is 7.11. The third-order valence-corrected chi connectivity index (χ3v) is 6.45. The van der Waals surface area contributed by atoms with E-state index in [9.17, 15) is 4.79 Å². The minimum Gasteiger partial charge on any atom is -0.325 e. The zero-order valence-electron chi connectivity index (χ0n) is 17.0. The fraction of sp³-hybridized carbons (Fsp3) is 0.174. The smallest absolute Gasteiger partial charge is 0.234 e. The molecule has 0 saturated carbocycles. The van der Waals surface area contributed by atoms with Crippen LogP contribution in [0.4, 0.5) is 5.69 Å². The molecule has 30 heavy (non-hydrogen) atoms. The lowest BCUT2D eigenvalue weighted by Crippen LogP contribution is -2.15. The molecule has 5 nitrogen and oxygen atoms in total. The summed E-state index contributed by atoms with van der Waals surface area (Å²) in [6, 6.07) is 18.3. The van der Waals surface area contributed by atoms with Gasteiger partial charge in [0.05, 0.1) is 10.6 Å². The maximum absolute atomic E-state index is 12.6. The van der Waals surface area contributed by atoms with Gasteiger partial charge in [-0.05, 0) is 56.0 Å². The van der Waals surface area contributed by atoms with Crippen molar-refractivity contribution in [2.45, 2.75) is 25.9 Å². The van der Waals surface area contributed by atoms with Gasteiger partial charge in [0.2, 0.25) is 5.91 Å². The van der Waals surface area contributed by atoms with Crippen LogP contribution in [0.3, 0.4) is 0 Å². The van der Waals surface area contributed by atoms with Gasteiger partial charge in [-0.3, -0.25) is 9.36 Å². The van der Waals surface area contributed by atoms with Crippen LogP contribution in [-0.4, -0.2) is 26.4 Å². The first-order valence-corrected chi connectivity index (χ1v) is 11.4. The lowest BCUT2D eigenvalue weighted by molar-refractivity contribution is -0.113. The number of aromatic nitrogens is 3. The van der Waals surface area contributed by atoms with Crippen LogP contribution < -0.4 is 5.32 Å². The Morgan fingerprint density at radius 2 is 1.80 bits per heavy atom. The average molecular weight is 435 g/mol. The van der Waals surface area contributed by atoms with Crippen LogP contribution in [0.1, 0.15) is 16.7 Å². The Kier molecular flexibility index (Phi) is 6.01. The zero-order chi connectivity index (χ0) is 21.1. The highest BCUT2D eigenvalue weighted by molar-refractivity contribution is 7.99. The first kappa shape index (κ1) is 20.4. The Balaban J connectivity index is 1.56. The molecule has 0 aliphatic carbocycles. The summed E-state index contributed by atoms with van der Waals surface area (Å²) in [5, 5.41) is 14.5. The molecule has 1 N–H and O–H groups in total. The number of thiophene rings is 1. The number of aryl methyl sites for hydroxylation is 3. The SMILES string of the molecule is Cc1ccc(-n2c(SCC(=O)Nc3ccc(C)cc3C)nnc2-c2cccs2)cc1. The molecule has 152 valence electrons. The first-order valence-electron chi connectivity index (χ1n) is 9.57. The Labute approximate surface area is 184 Å². The van der Waals surface area contributed by atoms with Crippen molar-refractivity contribution in [1.82, 2.24) is 14.8 Å². The molecule has 7 heteroatoms. The second-order valence-corrected chi connectivity index (χ2v) is 9.00. The maximum atomic E-state index is 12.6. The van der Waals surface area contributed by atoms with E-state index in [1.54, 1.807) is 11.3 Å². The summed E-state index contributed by atoms with van der Waals surface area (Å²) in [7, 11) is 0. The van der Waals surface area contributed by atoms with E-state index in [1.807, 2.05) is 48.1 Å². The van der Waals surface area contributed by atoms with Crippen molar-refractivity contribution in [3.05, 3.63) is 76.7 Å². The summed E-state index contributed by atoms with van der Waals surface area (Å²) in [6.45, 7) is 6.10. The van der Waals surface area contributed by atoms with Crippen LogP contribution in [-0.2, 0) is 4.79 Å². The van der Waals surface area contributed by atoms with E-state index in [0.717, 1.165) is 27.6 Å². The van der Waals surface area contributed by atoms with E-state index >= 15 is 0 Å². The Hall–Kier alpha value is -2.90. The van der Waals surface area contributed by atoms with Crippen molar-refractivity contribution in [2.24, 2.45) is 0 Å². The standard InChI is InChI=1S/C23H22N4OS2/c1-15-6-9-18(10-7-15)27-22(20-5-4-12-29-20)25-26-23(27)30-14-21(28)24-19-11-8-16(2)13-17(19)3/h4-13H,14H2,1-3H3,(H,24,28). The average Bonchev–Trinajstić information content (AvgIpc) is 3.39. The van der Waals surface area contributed by atoms with E-state index in [-0.39, 0.29) is 11.7 Å². The predicted molar refractivity (Wildman–Crippen MR) is 125 cm³/mol. The van der Waals surface area contributed by atoms with Crippen molar-refractivity contribution in [3.63, 3.8) is 0 Å². The van der Waals surface area contributed by atoms with Gasteiger partial charge >= 0.3 is 0 Å². The second kappa shape index (κ2) is 8.85. The van der Waals surface area contributed by atoms with Gasteiger partial charge in [-0.15, -0.1) is 21.5 Å². The van der Waals surface area contributed by atoms with Crippen LogP contribution >= 0.6 is 23.1 Å². The molecule has 2 aromatic heterocycles. The molecule has 2 aromatic carbocycles. The minimum atomic E-state index is -0.0666. The lowest BCUT2D eigenvalue weighted by atomic mass is 10.1. The molecule has 0 bridgehead atoms. The third kappa shape index (κ3) is 4.47. The van der Waals surface area contributed by atoms with Crippen LogP contribution in [0, 0.1) is 20.8 Å². The Morgan fingerprint density at radius 1 is 1.03 bits per heavy atom. The number of carbonyl (C=O) groups is 1. The highest BCUT2D eigenvalue weighted by Gasteiger charge is 2.18. The summed E-state index contributed by atoms with van der Waals surface area (Å²) < 4.78 is 2.01. The molecular formula is C23H22N4OS2. The molecule has 0 spiro atoms. The normalized spacial score (nSPS) is 10.9. The van der Waals surface area contributed by atoms with Gasteiger partial charge in [-0.25, -0.2) is 0 Å². The molecule has 0 aliphatic heterocycles. The van der Waals surface area contributed by atoms with Crippen molar-refractivity contribution in [1.29, 1.82) is 0 Å². The highest BCUT2D eigenvalue weighted by atomic mass is 32.2. The number of nitrogens with zero attached hydrogens (tertiary/aromatic N) is 3. The number of anilines is 1. The van der Waals surface area contributed by atoms with E-state index in [2.05, 4.69) is 52.8 Å². The maximum Gasteiger partial charge on any atom is 0.234 e. The van der Waals surface area contributed by atoms with E-state index in [0.29, 0.717) is 5.16 Å². The van der Waals surface area contributed by atoms with Crippen LogP contribution in [0.15, 0.2) is 65.1 Å². The lowest BCUT2D eigenvalue weighted by Gasteiger charge is -2.11. The molecule has 0 unspecified atom stereocenters. The van der Waals surface area contributed by atoms with Gasteiger partial charge in [0.25, 0.3) is 0 Å². The molecule has 0 aliphatic rings. The van der Waals surface area contributed by atoms with Crippen LogP contribution in [0.25, 0.3) is 16.4 Å². The molecule has 0 atom stereocenters. The number of carbonyl (C=O) groups excluding carboxylic acids is 1. The first-order chi connectivity index (χ1) is 14.5. The molecular weight excluding hydrogens is 412 g/mol. The van der Waals surface area contributed by atoms with Gasteiger partial charge in [-0.1, -0.05) is 53.2 Å². The molecule has 2 heterocycles. The third-order valence-electron chi connectivity index (χ3n) is 4.66. The van der Waals surface area contributed by atoms with Crippen LogP contribution in [0.5, 0.6) is 0 Å². The van der Waals surface area contributed by atoms with Crippen LogP contribution in [0.2, 0.25) is 0 Å². The van der Waals surface area contributed by atoms with Crippen molar-refractivity contribution in [2.75, 3.05) is 11.1 Å². The molecule has 4 rings (SSSR count). The quantitative estimate of drug-likeness (QED) is 0.398. The number of amides is 1. The number of hydrogen-bond donors (Lipinski definition) is 1. The van der Waals surface area contributed by atoms with E-state index < -0.39 is 0 Å². The van der Waals surface area contributed by atoms with Gasteiger partial charge in [-0.2, -0.15) is 0 Å². The summed E-state index contributed by atoms with van der Waals surface area (Å²) in [6.07, 6.45) is 0. The van der Waals surface area contributed by atoms with Crippen molar-refractivity contribution >= 4 is 34.7 Å². The van der Waals surface area contributed by atoms with E-state index in [1.165, 1.54) is 22.9 Å². The molecule has 4 aromatic rings. The predicted octanol–water partition coefficient (Wildman–Crippen LogP) is 5.65. The van der Waals surface area contributed by atoms with Crippen molar-refractivity contribution < 1.29 is 4.79 Å². The summed E-state index contributed by atoms with van der Waals surface area (Å²) in [5.41, 5.74) is 5.23. The summed E-state index contributed by atoms with van der Waals surface area (Å²) in [4.78, 5) is 13.6. The van der Waals surface area contributed by atoms with Gasteiger partial charge in [0, 0.05) is 11.4 Å². The largest absolute Gasteiger partial charge is 0.325 e. The Morgan fingerprint density at radius 3 is 2.50 bits per heavy atom. The Bertz CT molecular complexity index is 1160. The summed E-state index contributed by atoms with van der Waals surface area (Å²) in [5.74, 6) is 0.969. The monoisotopic (exact) mass is 434 g/mol. The zero-order valence-corrected chi connectivity index (χ0v) is 18.7. The summed E-state index contributed by atoms with van der Waals surface area (Å²) >= 11 is 3.00. The number of hydrogen-bond acceptors (Lipinski definition) is 5. The van der Waals surface area contributed by atoms with Gasteiger partial charge in [0.1, 0.15) is 0 Å². The number of nitrogens with one attached hydrogen (secondary N) is 1. The van der Waals surface area contributed by atoms with Gasteiger partial charge < -0.3 is 5.32 Å². The number of rotatable bonds is 6. The molecule has 0 radical (unpaired) electrons. The highest BCUT2D eigenvalue weighted by Crippen LogP contribution is 2.30. The molecule has 0 saturated heterocycles. The van der Waals surface area contributed by atoms with Gasteiger partial charge in [0.15, 0.2) is 11.0 Å². The fourth-order valence-electron chi connectivity index (χ4n) is 3.13. The minimum absolute atomic E-state index is 0.0666. The number of benzene rings is 2. The topological polar surface area (TPSA) is 59.8 Å². The fourth-order valence-corrected chi connectivity index (χ4v) is 4.58. The van der Waals surface area contributed by atoms with E-state index in [4.69, 9.17) is 0 Å². The van der Waals surface area contributed by atoms with Crippen molar-refractivity contribution in [3.8, 4) is 16.4 Å². The molecule has 1 amide bonds.